The van der Waals surface area contributed by atoms with Crippen molar-refractivity contribution < 1.29 is 22.3 Å². The Hall–Kier alpha value is -1.77. The number of hydrogen-bond donors (Lipinski definition) is 0. The zero-order valence-electron chi connectivity index (χ0n) is 6.60. The van der Waals surface area contributed by atoms with Gasteiger partial charge in [0, 0.05) is 0 Å². The minimum atomic E-state index is -4.96. The third-order valence-electron chi connectivity index (χ3n) is 1.31. The number of nitriles is 1. The number of hydrogen-bond acceptors (Lipinski definition) is 2. The summed E-state index contributed by atoms with van der Waals surface area (Å²) in [5, 5.41) is 8.31. The molecule has 0 saturated carbocycles. The Labute approximate surface area is 76.3 Å². The SMILES string of the molecule is N#Cc1cccc(OC(F)(F)F)c1F. The lowest BCUT2D eigenvalue weighted by molar-refractivity contribution is -0.275. The van der Waals surface area contributed by atoms with Gasteiger partial charge in [-0.2, -0.15) is 5.26 Å². The molecule has 0 atom stereocenters. The normalized spacial score (nSPS) is 10.8. The molecule has 0 saturated heterocycles. The highest BCUT2D eigenvalue weighted by atomic mass is 19.4. The second-order valence-electron chi connectivity index (χ2n) is 2.28. The Morgan fingerprint density at radius 2 is 1.93 bits per heavy atom. The van der Waals surface area contributed by atoms with E-state index in [0.29, 0.717) is 0 Å². The van der Waals surface area contributed by atoms with Gasteiger partial charge in [-0.3, -0.25) is 0 Å². The summed E-state index contributed by atoms with van der Waals surface area (Å²) in [5.74, 6) is -2.32. The predicted octanol–water partition coefficient (Wildman–Crippen LogP) is 2.60. The summed E-state index contributed by atoms with van der Waals surface area (Å²) < 4.78 is 51.4. The summed E-state index contributed by atoms with van der Waals surface area (Å²) in [4.78, 5) is 0. The van der Waals surface area contributed by atoms with E-state index in [4.69, 9.17) is 5.26 Å². The van der Waals surface area contributed by atoms with E-state index in [2.05, 4.69) is 4.74 Å². The molecule has 74 valence electrons. The zero-order chi connectivity index (χ0) is 10.8. The molecular weight excluding hydrogens is 202 g/mol. The van der Waals surface area contributed by atoms with E-state index in [9.17, 15) is 17.6 Å². The van der Waals surface area contributed by atoms with Crippen LogP contribution in [0.3, 0.4) is 0 Å². The average Bonchev–Trinajstić information content (AvgIpc) is 2.06. The van der Waals surface area contributed by atoms with Crippen LogP contribution in [-0.2, 0) is 0 Å². The fraction of sp³-hybridized carbons (Fsp3) is 0.125. The second-order valence-corrected chi connectivity index (χ2v) is 2.28. The number of rotatable bonds is 1. The molecule has 0 aliphatic carbocycles. The van der Waals surface area contributed by atoms with Crippen LogP contribution in [0.25, 0.3) is 0 Å². The van der Waals surface area contributed by atoms with E-state index < -0.39 is 23.5 Å². The van der Waals surface area contributed by atoms with Crippen molar-refractivity contribution >= 4 is 0 Å². The molecular formula is C8H3F4NO. The molecule has 1 aromatic rings. The summed E-state index contributed by atoms with van der Waals surface area (Å²) in [6.45, 7) is 0. The van der Waals surface area contributed by atoms with Crippen molar-refractivity contribution in [3.05, 3.63) is 29.6 Å². The van der Waals surface area contributed by atoms with Crippen LogP contribution in [-0.4, -0.2) is 6.36 Å². The topological polar surface area (TPSA) is 33.0 Å². The lowest BCUT2D eigenvalue weighted by atomic mass is 10.2. The maximum absolute atomic E-state index is 13.0. The van der Waals surface area contributed by atoms with Crippen molar-refractivity contribution in [1.29, 1.82) is 5.26 Å². The predicted molar refractivity (Wildman–Crippen MR) is 37.8 cm³/mol. The monoisotopic (exact) mass is 205 g/mol. The van der Waals surface area contributed by atoms with Crippen molar-refractivity contribution in [2.75, 3.05) is 0 Å². The van der Waals surface area contributed by atoms with Crippen LogP contribution in [0.1, 0.15) is 5.56 Å². The van der Waals surface area contributed by atoms with Gasteiger partial charge in [-0.1, -0.05) is 6.07 Å². The Balaban J connectivity index is 3.06. The Kier molecular flexibility index (Phi) is 2.60. The lowest BCUT2D eigenvalue weighted by Crippen LogP contribution is -2.18. The average molecular weight is 205 g/mol. The number of benzene rings is 1. The van der Waals surface area contributed by atoms with Gasteiger partial charge in [0.1, 0.15) is 6.07 Å². The molecule has 0 bridgehead atoms. The molecule has 0 aliphatic heterocycles. The van der Waals surface area contributed by atoms with Gasteiger partial charge in [0.15, 0.2) is 11.6 Å². The molecule has 14 heavy (non-hydrogen) atoms. The Bertz CT molecular complexity index is 380. The van der Waals surface area contributed by atoms with Gasteiger partial charge in [-0.15, -0.1) is 13.2 Å². The van der Waals surface area contributed by atoms with Crippen molar-refractivity contribution in [3.8, 4) is 11.8 Å². The van der Waals surface area contributed by atoms with E-state index in [0.717, 1.165) is 18.2 Å². The summed E-state index contributed by atoms with van der Waals surface area (Å²) in [7, 11) is 0. The minimum absolute atomic E-state index is 0.494. The molecule has 0 aliphatic rings. The standard InChI is InChI=1S/C8H3F4NO/c9-7-5(4-13)2-1-3-6(7)14-8(10,11)12/h1-3H. The molecule has 0 amide bonds. The summed E-state index contributed by atoms with van der Waals surface area (Å²) in [6.07, 6.45) is -4.96. The maximum Gasteiger partial charge on any atom is 0.573 e. The molecule has 0 N–H and O–H groups in total. The van der Waals surface area contributed by atoms with Gasteiger partial charge in [-0.25, -0.2) is 4.39 Å². The van der Waals surface area contributed by atoms with Crippen LogP contribution in [0.5, 0.6) is 5.75 Å². The summed E-state index contributed by atoms with van der Waals surface area (Å²) in [5.41, 5.74) is -0.494. The van der Waals surface area contributed by atoms with Gasteiger partial charge in [0.25, 0.3) is 0 Å². The van der Waals surface area contributed by atoms with Crippen LogP contribution in [0, 0.1) is 17.1 Å². The molecule has 0 heterocycles. The summed E-state index contributed by atoms with van der Waals surface area (Å²) in [6, 6.07) is 4.35. The molecule has 2 nitrogen and oxygen atoms in total. The molecule has 0 aromatic heterocycles. The van der Waals surface area contributed by atoms with Gasteiger partial charge < -0.3 is 4.74 Å². The smallest absolute Gasteiger partial charge is 0.403 e. The number of ether oxygens (including phenoxy) is 1. The molecule has 0 fully saturated rings. The Morgan fingerprint density at radius 1 is 1.29 bits per heavy atom. The van der Waals surface area contributed by atoms with Crippen LogP contribution < -0.4 is 4.74 Å². The van der Waals surface area contributed by atoms with Crippen molar-refractivity contribution in [2.24, 2.45) is 0 Å². The molecule has 0 spiro atoms. The fourth-order valence-electron chi connectivity index (χ4n) is 0.801. The van der Waals surface area contributed by atoms with Crippen molar-refractivity contribution in [3.63, 3.8) is 0 Å². The molecule has 0 radical (unpaired) electrons. The first-order valence-electron chi connectivity index (χ1n) is 3.38. The lowest BCUT2D eigenvalue weighted by Gasteiger charge is -2.09. The number of halogens is 4. The third-order valence-corrected chi connectivity index (χ3v) is 1.31. The van der Waals surface area contributed by atoms with Crippen LogP contribution >= 0.6 is 0 Å². The number of nitrogens with zero attached hydrogens (tertiary/aromatic N) is 1. The molecule has 0 unspecified atom stereocenters. The first-order chi connectivity index (χ1) is 6.44. The number of alkyl halides is 3. The van der Waals surface area contributed by atoms with E-state index in [1.165, 1.54) is 6.07 Å². The molecule has 1 rings (SSSR count). The zero-order valence-corrected chi connectivity index (χ0v) is 6.60. The first-order valence-corrected chi connectivity index (χ1v) is 3.38. The highest BCUT2D eigenvalue weighted by Gasteiger charge is 2.32. The largest absolute Gasteiger partial charge is 0.573 e. The van der Waals surface area contributed by atoms with E-state index >= 15 is 0 Å². The quantitative estimate of drug-likeness (QED) is 0.660. The third kappa shape index (κ3) is 2.36. The van der Waals surface area contributed by atoms with Gasteiger partial charge >= 0.3 is 6.36 Å². The second kappa shape index (κ2) is 3.54. The van der Waals surface area contributed by atoms with E-state index in [1.54, 1.807) is 0 Å². The van der Waals surface area contributed by atoms with Crippen LogP contribution in [0.4, 0.5) is 17.6 Å². The van der Waals surface area contributed by atoms with Crippen LogP contribution in [0.15, 0.2) is 18.2 Å². The minimum Gasteiger partial charge on any atom is -0.403 e. The molecule has 6 heteroatoms. The van der Waals surface area contributed by atoms with Gasteiger partial charge in [0.2, 0.25) is 0 Å². The fourth-order valence-corrected chi connectivity index (χ4v) is 0.801. The van der Waals surface area contributed by atoms with Crippen LogP contribution in [0.2, 0.25) is 0 Å². The summed E-state index contributed by atoms with van der Waals surface area (Å²) >= 11 is 0. The van der Waals surface area contributed by atoms with Crippen molar-refractivity contribution in [1.82, 2.24) is 0 Å². The maximum atomic E-state index is 13.0. The molecule has 1 aromatic carbocycles. The Morgan fingerprint density at radius 3 is 2.43 bits per heavy atom. The van der Waals surface area contributed by atoms with Gasteiger partial charge in [-0.05, 0) is 12.1 Å². The van der Waals surface area contributed by atoms with Crippen molar-refractivity contribution in [2.45, 2.75) is 6.36 Å². The highest BCUT2D eigenvalue weighted by Crippen LogP contribution is 2.26. The van der Waals surface area contributed by atoms with Gasteiger partial charge in [0.05, 0.1) is 5.56 Å². The first kappa shape index (κ1) is 10.3. The van der Waals surface area contributed by atoms with E-state index in [1.807, 2.05) is 0 Å². The highest BCUT2D eigenvalue weighted by molar-refractivity contribution is 5.38. The van der Waals surface area contributed by atoms with E-state index in [-0.39, 0.29) is 0 Å².